The van der Waals surface area contributed by atoms with Gasteiger partial charge in [0, 0.05) is 19.5 Å². The van der Waals surface area contributed by atoms with Crippen LogP contribution < -0.4 is 5.32 Å². The number of carbonyl (C=O) groups excluding carboxylic acids is 4. The third-order valence-electron chi connectivity index (χ3n) is 3.29. The summed E-state index contributed by atoms with van der Waals surface area (Å²) in [5, 5.41) is 11.0. The number of hydrogen-bond acceptors (Lipinski definition) is 7. The molecule has 1 saturated heterocycles. The van der Waals surface area contributed by atoms with Crippen molar-refractivity contribution in [2.45, 2.75) is 39.2 Å². The fourth-order valence-corrected chi connectivity index (χ4v) is 2.88. The molecule has 1 unspecified atom stereocenters. The Morgan fingerprint density at radius 3 is 2.50 bits per heavy atom. The predicted molar refractivity (Wildman–Crippen MR) is 93.3 cm³/mol. The first-order valence-electron chi connectivity index (χ1n) is 8.12. The van der Waals surface area contributed by atoms with Gasteiger partial charge < -0.3 is 15.2 Å². The summed E-state index contributed by atoms with van der Waals surface area (Å²) in [6.45, 7) is 5.24. The summed E-state index contributed by atoms with van der Waals surface area (Å²) >= 11 is 0.954. The second-order valence-corrected chi connectivity index (χ2v) is 7.80. The van der Waals surface area contributed by atoms with Crippen molar-refractivity contribution in [1.82, 2.24) is 10.2 Å². The van der Waals surface area contributed by atoms with Crippen molar-refractivity contribution in [3.05, 3.63) is 0 Å². The standard InChI is InChI=1S/C16H24N2O7S/c1-16(2,3)25-14(23)7-10-6-12(20)18(15(10)24)5-4-17-11(19)8-26-9-13(21)22/h10H,4-9H2,1-3H3,(H,17,19)(H,21,22). The number of likely N-dealkylation sites (tertiary alicyclic amines) is 1. The number of esters is 1. The molecular weight excluding hydrogens is 364 g/mol. The second kappa shape index (κ2) is 9.56. The fourth-order valence-electron chi connectivity index (χ4n) is 2.32. The molecule has 2 N–H and O–H groups in total. The van der Waals surface area contributed by atoms with E-state index in [1.165, 1.54) is 0 Å². The van der Waals surface area contributed by atoms with Crippen LogP contribution in [0.3, 0.4) is 0 Å². The van der Waals surface area contributed by atoms with Gasteiger partial charge in [0.05, 0.1) is 23.8 Å². The van der Waals surface area contributed by atoms with Crippen LogP contribution in [0.1, 0.15) is 33.6 Å². The Balaban J connectivity index is 2.38. The highest BCUT2D eigenvalue weighted by molar-refractivity contribution is 8.00. The first kappa shape index (κ1) is 21.9. The van der Waals surface area contributed by atoms with Gasteiger partial charge in [-0.05, 0) is 20.8 Å². The van der Waals surface area contributed by atoms with Crippen molar-refractivity contribution in [1.29, 1.82) is 0 Å². The molecule has 1 fully saturated rings. The zero-order valence-corrected chi connectivity index (χ0v) is 15.9. The van der Waals surface area contributed by atoms with E-state index in [9.17, 15) is 24.0 Å². The van der Waals surface area contributed by atoms with Crippen LogP contribution in [-0.4, -0.2) is 69.9 Å². The first-order valence-corrected chi connectivity index (χ1v) is 9.27. The van der Waals surface area contributed by atoms with E-state index in [1.807, 2.05) is 0 Å². The molecule has 0 aliphatic carbocycles. The van der Waals surface area contributed by atoms with E-state index in [-0.39, 0.29) is 43.3 Å². The van der Waals surface area contributed by atoms with Crippen LogP contribution in [-0.2, 0) is 28.7 Å². The van der Waals surface area contributed by atoms with Crippen LogP contribution in [0.2, 0.25) is 0 Å². The van der Waals surface area contributed by atoms with E-state index in [2.05, 4.69) is 5.32 Å². The lowest BCUT2D eigenvalue weighted by molar-refractivity contribution is -0.157. The Labute approximate surface area is 155 Å². The lowest BCUT2D eigenvalue weighted by Gasteiger charge is -2.20. The van der Waals surface area contributed by atoms with E-state index in [1.54, 1.807) is 20.8 Å². The number of ether oxygens (including phenoxy) is 1. The molecule has 10 heteroatoms. The smallest absolute Gasteiger partial charge is 0.313 e. The summed E-state index contributed by atoms with van der Waals surface area (Å²) in [6.07, 6.45) is -0.211. The molecule has 0 radical (unpaired) electrons. The van der Waals surface area contributed by atoms with Gasteiger partial charge in [0.15, 0.2) is 0 Å². The minimum Gasteiger partial charge on any atom is -0.481 e. The summed E-state index contributed by atoms with van der Waals surface area (Å²) in [4.78, 5) is 58.9. The van der Waals surface area contributed by atoms with Crippen LogP contribution in [0.5, 0.6) is 0 Å². The van der Waals surface area contributed by atoms with Gasteiger partial charge in [0.1, 0.15) is 5.60 Å². The molecule has 146 valence electrons. The summed E-state index contributed by atoms with van der Waals surface area (Å²) in [6, 6.07) is 0. The lowest BCUT2D eigenvalue weighted by Crippen LogP contribution is -2.39. The second-order valence-electron chi connectivity index (χ2n) is 6.81. The SMILES string of the molecule is CC(C)(C)OC(=O)CC1CC(=O)N(CCNC(=O)CSCC(=O)O)C1=O. The summed E-state index contributed by atoms with van der Waals surface area (Å²) in [5.41, 5.74) is -0.661. The molecule has 1 rings (SSSR count). The number of carbonyl (C=O) groups is 5. The maximum atomic E-state index is 12.3. The highest BCUT2D eigenvalue weighted by atomic mass is 32.2. The number of nitrogens with zero attached hydrogens (tertiary/aromatic N) is 1. The van der Waals surface area contributed by atoms with Gasteiger partial charge in [-0.3, -0.25) is 28.9 Å². The number of nitrogens with one attached hydrogen (secondary N) is 1. The predicted octanol–water partition coefficient (Wildman–Crippen LogP) is 0.0273. The van der Waals surface area contributed by atoms with Crippen LogP contribution in [0.15, 0.2) is 0 Å². The third-order valence-corrected chi connectivity index (χ3v) is 4.20. The number of aliphatic carboxylic acids is 1. The van der Waals surface area contributed by atoms with E-state index in [0.29, 0.717) is 0 Å². The van der Waals surface area contributed by atoms with Gasteiger partial charge in [0.2, 0.25) is 17.7 Å². The fraction of sp³-hybridized carbons (Fsp3) is 0.688. The van der Waals surface area contributed by atoms with Crippen LogP contribution >= 0.6 is 11.8 Å². The van der Waals surface area contributed by atoms with Crippen molar-refractivity contribution in [3.8, 4) is 0 Å². The average Bonchev–Trinajstić information content (AvgIpc) is 2.72. The van der Waals surface area contributed by atoms with Gasteiger partial charge >= 0.3 is 11.9 Å². The minimum absolute atomic E-state index is 0.0117. The molecular formula is C16H24N2O7S. The Kier molecular flexibility index (Phi) is 8.07. The van der Waals surface area contributed by atoms with Crippen LogP contribution in [0, 0.1) is 5.92 Å². The van der Waals surface area contributed by atoms with Gasteiger partial charge in [0.25, 0.3) is 0 Å². The number of hydrogen-bond donors (Lipinski definition) is 2. The third kappa shape index (κ3) is 7.85. The number of amides is 3. The van der Waals surface area contributed by atoms with E-state index < -0.39 is 35.3 Å². The Bertz CT molecular complexity index is 586. The Morgan fingerprint density at radius 1 is 1.27 bits per heavy atom. The van der Waals surface area contributed by atoms with Crippen molar-refractivity contribution in [2.75, 3.05) is 24.6 Å². The zero-order chi connectivity index (χ0) is 19.9. The molecule has 9 nitrogen and oxygen atoms in total. The zero-order valence-electron chi connectivity index (χ0n) is 15.1. The van der Waals surface area contributed by atoms with Gasteiger partial charge in [-0.2, -0.15) is 0 Å². The van der Waals surface area contributed by atoms with E-state index >= 15 is 0 Å². The Hall–Kier alpha value is -2.10. The number of thioether (sulfide) groups is 1. The van der Waals surface area contributed by atoms with E-state index in [0.717, 1.165) is 16.7 Å². The van der Waals surface area contributed by atoms with Gasteiger partial charge in [-0.1, -0.05) is 0 Å². The number of rotatable bonds is 9. The molecule has 0 bridgehead atoms. The van der Waals surface area contributed by atoms with Crippen LogP contribution in [0.4, 0.5) is 0 Å². The highest BCUT2D eigenvalue weighted by Gasteiger charge is 2.40. The highest BCUT2D eigenvalue weighted by Crippen LogP contribution is 2.23. The largest absolute Gasteiger partial charge is 0.481 e. The lowest BCUT2D eigenvalue weighted by atomic mass is 10.0. The first-order chi connectivity index (χ1) is 12.0. The molecule has 0 spiro atoms. The molecule has 1 atom stereocenters. The average molecular weight is 388 g/mol. The molecule has 3 amide bonds. The van der Waals surface area contributed by atoms with Gasteiger partial charge in [-0.15, -0.1) is 11.8 Å². The van der Waals surface area contributed by atoms with Crippen molar-refractivity contribution in [3.63, 3.8) is 0 Å². The van der Waals surface area contributed by atoms with Crippen molar-refractivity contribution >= 4 is 41.4 Å². The molecule has 0 saturated carbocycles. The number of imide groups is 1. The maximum absolute atomic E-state index is 12.3. The van der Waals surface area contributed by atoms with Crippen LogP contribution in [0.25, 0.3) is 0 Å². The quantitative estimate of drug-likeness (QED) is 0.418. The summed E-state index contributed by atoms with van der Waals surface area (Å²) < 4.78 is 5.16. The molecule has 1 heterocycles. The minimum atomic E-state index is -1.01. The molecule has 0 aromatic heterocycles. The summed E-state index contributed by atoms with van der Waals surface area (Å²) in [5.74, 6) is -3.69. The molecule has 0 aromatic rings. The number of carboxylic acids is 1. The Morgan fingerprint density at radius 2 is 1.92 bits per heavy atom. The summed E-state index contributed by atoms with van der Waals surface area (Å²) in [7, 11) is 0. The molecule has 1 aliphatic rings. The van der Waals surface area contributed by atoms with Crippen molar-refractivity contribution in [2.24, 2.45) is 5.92 Å². The molecule has 26 heavy (non-hydrogen) atoms. The normalized spacial score (nSPS) is 17.3. The topological polar surface area (TPSA) is 130 Å². The molecule has 0 aromatic carbocycles. The van der Waals surface area contributed by atoms with Crippen molar-refractivity contribution < 1.29 is 33.8 Å². The van der Waals surface area contributed by atoms with Gasteiger partial charge in [-0.25, -0.2) is 0 Å². The monoisotopic (exact) mass is 388 g/mol. The number of carboxylic acid groups (broad SMARTS) is 1. The van der Waals surface area contributed by atoms with E-state index in [4.69, 9.17) is 9.84 Å². The molecule has 1 aliphatic heterocycles. The maximum Gasteiger partial charge on any atom is 0.313 e.